The lowest BCUT2D eigenvalue weighted by atomic mass is 10.1. The van der Waals surface area contributed by atoms with E-state index in [1.165, 1.54) is 6.26 Å². The number of hydrogen-bond donors (Lipinski definition) is 1. The van der Waals surface area contributed by atoms with Crippen molar-refractivity contribution < 1.29 is 8.42 Å². The van der Waals surface area contributed by atoms with Gasteiger partial charge in [-0.1, -0.05) is 6.92 Å². The summed E-state index contributed by atoms with van der Waals surface area (Å²) in [6.07, 6.45) is 5.96. The summed E-state index contributed by atoms with van der Waals surface area (Å²) >= 11 is 0. The van der Waals surface area contributed by atoms with Gasteiger partial charge >= 0.3 is 0 Å². The Hall–Kier alpha value is -1.01. The molecule has 16 heavy (non-hydrogen) atoms. The summed E-state index contributed by atoms with van der Waals surface area (Å²) in [7, 11) is -3.10. The molecule has 6 heteroatoms. The summed E-state index contributed by atoms with van der Waals surface area (Å²) in [4.78, 5) is 8.10. The first kappa shape index (κ1) is 13.1. The van der Waals surface area contributed by atoms with Crippen LogP contribution in [-0.2, 0) is 9.84 Å². The summed E-state index contributed by atoms with van der Waals surface area (Å²) in [6, 6.07) is -0.311. The van der Waals surface area contributed by atoms with Gasteiger partial charge in [-0.05, 0) is 13.5 Å². The normalized spacial score (nSPS) is 15.7. The number of rotatable bonds is 5. The molecule has 2 unspecified atom stereocenters. The smallest absolute Gasteiger partial charge is 0.151 e. The fraction of sp³-hybridized carbons (Fsp3) is 0.600. The SMILES string of the molecule is CCNC(c1cnccn1)C(C)S(C)(=O)=O. The molecule has 0 radical (unpaired) electrons. The van der Waals surface area contributed by atoms with E-state index >= 15 is 0 Å². The Labute approximate surface area is 96.2 Å². The van der Waals surface area contributed by atoms with Gasteiger partial charge in [-0.3, -0.25) is 9.97 Å². The fourth-order valence-electron chi connectivity index (χ4n) is 1.45. The molecular weight excluding hydrogens is 226 g/mol. The Kier molecular flexibility index (Phi) is 4.37. The van der Waals surface area contributed by atoms with Crippen LogP contribution in [0, 0.1) is 0 Å². The molecule has 0 amide bonds. The van der Waals surface area contributed by atoms with Crippen molar-refractivity contribution >= 4 is 9.84 Å². The molecule has 0 bridgehead atoms. The van der Waals surface area contributed by atoms with Gasteiger partial charge in [0.25, 0.3) is 0 Å². The molecular formula is C10H17N3O2S. The van der Waals surface area contributed by atoms with Crippen molar-refractivity contribution in [1.29, 1.82) is 0 Å². The van der Waals surface area contributed by atoms with Gasteiger partial charge in [0.1, 0.15) is 0 Å². The molecule has 0 fully saturated rings. The predicted molar refractivity (Wildman–Crippen MR) is 62.8 cm³/mol. The Balaban J connectivity index is 3.01. The van der Waals surface area contributed by atoms with Crippen molar-refractivity contribution in [1.82, 2.24) is 15.3 Å². The minimum Gasteiger partial charge on any atom is -0.308 e. The highest BCUT2D eigenvalue weighted by atomic mass is 32.2. The van der Waals surface area contributed by atoms with Gasteiger partial charge < -0.3 is 5.32 Å². The molecule has 0 aromatic carbocycles. The third-order valence-electron chi connectivity index (χ3n) is 2.47. The molecule has 1 heterocycles. The van der Waals surface area contributed by atoms with Gasteiger partial charge in [-0.2, -0.15) is 0 Å². The summed E-state index contributed by atoms with van der Waals surface area (Å²) in [5.74, 6) is 0. The lowest BCUT2D eigenvalue weighted by molar-refractivity contribution is 0.502. The minimum absolute atomic E-state index is 0.311. The van der Waals surface area contributed by atoms with E-state index in [2.05, 4.69) is 15.3 Å². The van der Waals surface area contributed by atoms with Crippen LogP contribution in [0.4, 0.5) is 0 Å². The minimum atomic E-state index is -3.10. The van der Waals surface area contributed by atoms with E-state index < -0.39 is 15.1 Å². The van der Waals surface area contributed by atoms with E-state index in [-0.39, 0.29) is 6.04 Å². The van der Waals surface area contributed by atoms with Crippen molar-refractivity contribution in [2.75, 3.05) is 12.8 Å². The molecule has 1 rings (SSSR count). The van der Waals surface area contributed by atoms with Crippen LogP contribution in [0.3, 0.4) is 0 Å². The maximum atomic E-state index is 11.5. The summed E-state index contributed by atoms with van der Waals surface area (Å²) in [5.41, 5.74) is 0.655. The first-order valence-corrected chi connectivity index (χ1v) is 7.10. The van der Waals surface area contributed by atoms with Crippen LogP contribution in [0.1, 0.15) is 25.6 Å². The Morgan fingerprint density at radius 1 is 1.44 bits per heavy atom. The zero-order valence-electron chi connectivity index (χ0n) is 9.71. The van der Waals surface area contributed by atoms with Gasteiger partial charge in [-0.15, -0.1) is 0 Å². The first-order chi connectivity index (χ1) is 7.46. The van der Waals surface area contributed by atoms with Crippen LogP contribution < -0.4 is 5.32 Å². The average Bonchev–Trinajstić information content (AvgIpc) is 2.25. The molecule has 0 aliphatic carbocycles. The summed E-state index contributed by atoms with van der Waals surface area (Å²) in [6.45, 7) is 4.29. The fourth-order valence-corrected chi connectivity index (χ4v) is 2.18. The van der Waals surface area contributed by atoms with Gasteiger partial charge in [-0.25, -0.2) is 8.42 Å². The molecule has 1 N–H and O–H groups in total. The van der Waals surface area contributed by atoms with Crippen molar-refractivity contribution in [3.05, 3.63) is 24.3 Å². The molecule has 0 aliphatic heterocycles. The molecule has 1 aromatic rings. The molecule has 0 saturated heterocycles. The Morgan fingerprint density at radius 3 is 2.56 bits per heavy atom. The highest BCUT2D eigenvalue weighted by Gasteiger charge is 2.27. The topological polar surface area (TPSA) is 72.0 Å². The number of nitrogens with zero attached hydrogens (tertiary/aromatic N) is 2. The zero-order valence-corrected chi connectivity index (χ0v) is 10.5. The summed E-state index contributed by atoms with van der Waals surface area (Å²) in [5, 5.41) is 2.60. The molecule has 0 saturated carbocycles. The van der Waals surface area contributed by atoms with E-state index in [0.717, 1.165) is 0 Å². The zero-order chi connectivity index (χ0) is 12.2. The van der Waals surface area contributed by atoms with Gasteiger partial charge in [0.2, 0.25) is 0 Å². The second-order valence-electron chi connectivity index (χ2n) is 3.70. The highest BCUT2D eigenvalue weighted by Crippen LogP contribution is 2.18. The molecule has 5 nitrogen and oxygen atoms in total. The quantitative estimate of drug-likeness (QED) is 0.818. The van der Waals surface area contributed by atoms with Gasteiger partial charge in [0, 0.05) is 18.6 Å². The van der Waals surface area contributed by atoms with Gasteiger partial charge in [0.05, 0.1) is 23.2 Å². The van der Waals surface area contributed by atoms with E-state index in [1.807, 2.05) is 6.92 Å². The lowest BCUT2D eigenvalue weighted by Crippen LogP contribution is -2.35. The molecule has 90 valence electrons. The maximum absolute atomic E-state index is 11.5. The van der Waals surface area contributed by atoms with Crippen molar-refractivity contribution in [3.63, 3.8) is 0 Å². The first-order valence-electron chi connectivity index (χ1n) is 5.15. The van der Waals surface area contributed by atoms with Crippen molar-refractivity contribution in [2.45, 2.75) is 25.1 Å². The van der Waals surface area contributed by atoms with Crippen LogP contribution >= 0.6 is 0 Å². The standard InChI is InChI=1S/C10H17N3O2S/c1-4-12-10(8(2)16(3,14)15)9-7-11-5-6-13-9/h5-8,10,12H,4H2,1-3H3. The number of nitrogens with one attached hydrogen (secondary N) is 1. The largest absolute Gasteiger partial charge is 0.308 e. The van der Waals surface area contributed by atoms with Crippen LogP contribution in [0.5, 0.6) is 0 Å². The van der Waals surface area contributed by atoms with E-state index in [9.17, 15) is 8.42 Å². The van der Waals surface area contributed by atoms with Crippen LogP contribution in [0.2, 0.25) is 0 Å². The Bertz CT molecular complexity index is 419. The molecule has 2 atom stereocenters. The number of hydrogen-bond acceptors (Lipinski definition) is 5. The maximum Gasteiger partial charge on any atom is 0.151 e. The van der Waals surface area contributed by atoms with Crippen LogP contribution in [0.15, 0.2) is 18.6 Å². The number of aromatic nitrogens is 2. The second kappa shape index (κ2) is 5.36. The summed E-state index contributed by atoms with van der Waals surface area (Å²) < 4.78 is 23.1. The van der Waals surface area contributed by atoms with E-state index in [0.29, 0.717) is 12.2 Å². The van der Waals surface area contributed by atoms with Crippen molar-refractivity contribution in [2.24, 2.45) is 0 Å². The van der Waals surface area contributed by atoms with Crippen LogP contribution in [0.25, 0.3) is 0 Å². The van der Waals surface area contributed by atoms with Crippen molar-refractivity contribution in [3.8, 4) is 0 Å². The molecule has 0 aliphatic rings. The third-order valence-corrected chi connectivity index (χ3v) is 4.09. The predicted octanol–water partition coefficient (Wildman–Crippen LogP) is 0.560. The van der Waals surface area contributed by atoms with Crippen LogP contribution in [-0.4, -0.2) is 36.4 Å². The monoisotopic (exact) mass is 243 g/mol. The second-order valence-corrected chi connectivity index (χ2v) is 6.10. The van der Waals surface area contributed by atoms with E-state index in [1.54, 1.807) is 25.5 Å². The molecule has 1 aromatic heterocycles. The van der Waals surface area contributed by atoms with Gasteiger partial charge in [0.15, 0.2) is 9.84 Å². The highest BCUT2D eigenvalue weighted by molar-refractivity contribution is 7.91. The van der Waals surface area contributed by atoms with E-state index in [4.69, 9.17) is 0 Å². The average molecular weight is 243 g/mol. The Morgan fingerprint density at radius 2 is 2.12 bits per heavy atom. The molecule has 0 spiro atoms. The lowest BCUT2D eigenvalue weighted by Gasteiger charge is -2.22. The third kappa shape index (κ3) is 3.24. The number of sulfone groups is 1.